The Hall–Kier alpha value is -10.2. The lowest BCUT2D eigenvalue weighted by Crippen LogP contribution is -2.21. The van der Waals surface area contributed by atoms with Crippen LogP contribution < -0.4 is 21.3 Å². The molecule has 8 heterocycles. The number of benzene rings is 2. The number of hydrogen-bond donors (Lipinski definition) is 8. The molecular weight excluding hydrogens is 1010 g/mol. The van der Waals surface area contributed by atoms with Crippen LogP contribution in [0.15, 0.2) is 97.6 Å². The van der Waals surface area contributed by atoms with Gasteiger partial charge in [-0.25, -0.2) is 28.7 Å². The number of rotatable bonds is 10. The average Bonchev–Trinajstić information content (AvgIpc) is 4.21. The number of imidazole rings is 2. The fourth-order valence-corrected chi connectivity index (χ4v) is 6.79. The summed E-state index contributed by atoms with van der Waals surface area (Å²) in [7, 11) is 3.55. The number of nitrogens with one attached hydrogen (secondary N) is 6. The van der Waals surface area contributed by atoms with Crippen molar-refractivity contribution in [1.82, 2.24) is 79.4 Å². The lowest BCUT2D eigenvalue weighted by Gasteiger charge is -2.10. The average molecular weight is 1050 g/mol. The predicted octanol–water partition coefficient (Wildman–Crippen LogP) is 8.06. The number of aliphatic carboxylic acids is 2. The summed E-state index contributed by atoms with van der Waals surface area (Å²) in [6.07, 6.45) is -3.20. The summed E-state index contributed by atoms with van der Waals surface area (Å²) >= 11 is 0. The second kappa shape index (κ2) is 22.7. The van der Waals surface area contributed by atoms with E-state index in [1.807, 2.05) is 97.8 Å². The van der Waals surface area contributed by atoms with Gasteiger partial charge in [0.2, 0.25) is 35.7 Å². The number of anilines is 6. The Balaban J connectivity index is 0.000000177. The molecular formula is C46H42F6N20O4. The maximum Gasteiger partial charge on any atom is 0.490 e. The van der Waals surface area contributed by atoms with Crippen LogP contribution in [0.3, 0.4) is 0 Å². The molecule has 0 aliphatic carbocycles. The number of H-pyrrole nitrogens is 2. The highest BCUT2D eigenvalue weighted by Crippen LogP contribution is 2.32. The third-order valence-corrected chi connectivity index (χ3v) is 10.1. The first-order valence-electron chi connectivity index (χ1n) is 22.0. The van der Waals surface area contributed by atoms with Crippen molar-refractivity contribution in [3.8, 4) is 34.2 Å². The third-order valence-electron chi connectivity index (χ3n) is 10.1. The van der Waals surface area contributed by atoms with Crippen LogP contribution in [0.4, 0.5) is 61.8 Å². The van der Waals surface area contributed by atoms with Gasteiger partial charge in [0.15, 0.2) is 0 Å². The maximum absolute atomic E-state index is 10.6. The quantitative estimate of drug-likeness (QED) is 0.0600. The molecule has 10 aromatic rings. The molecule has 0 atom stereocenters. The van der Waals surface area contributed by atoms with E-state index in [1.165, 1.54) is 0 Å². The van der Waals surface area contributed by atoms with E-state index < -0.39 is 24.3 Å². The first-order chi connectivity index (χ1) is 36.1. The fourth-order valence-electron chi connectivity index (χ4n) is 6.79. The molecule has 0 aliphatic rings. The topological polar surface area (TPSA) is 319 Å². The molecule has 0 fully saturated rings. The monoisotopic (exact) mass is 1050 g/mol. The van der Waals surface area contributed by atoms with Crippen molar-refractivity contribution in [2.24, 2.45) is 0 Å². The normalized spacial score (nSPS) is 11.1. The van der Waals surface area contributed by atoms with Crippen LogP contribution in [0.25, 0.3) is 56.2 Å². The number of carboxylic acid groups (broad SMARTS) is 2. The zero-order valence-electron chi connectivity index (χ0n) is 40.5. The van der Waals surface area contributed by atoms with Crippen LogP contribution in [0.5, 0.6) is 0 Å². The standard InChI is InChI=1S/2C21H20N10.2C2HF3O2/c1-12-10-15(6-8-23-12)14-4-5-17-16(11-14)27-21(28-18-7-9-24-30-18)31(17)20-26-13(2)25-19(22-3)29-20;1-12-10-15(6-8-23-12)14-4-5-16-17(11-14)31(20-26-13(2)25-19(22-3)29-20)21(27-16)28-18-7-9-24-30-18;2*3-2(4,5)1(6)7/h2*4-11H,1-3H3,(H,22,25,26,29)(H2,24,27,28,30);2*(H,6,7). The molecule has 392 valence electrons. The molecule has 0 amide bonds. The molecule has 8 aromatic heterocycles. The van der Waals surface area contributed by atoms with Crippen LogP contribution in [0.1, 0.15) is 23.0 Å². The number of hydrogen-bond acceptors (Lipinski definition) is 18. The Morgan fingerprint density at radius 2 is 0.921 bits per heavy atom. The number of alkyl halides is 6. The number of nitrogens with zero attached hydrogens (tertiary/aromatic N) is 14. The Bertz CT molecular complexity index is 3580. The summed E-state index contributed by atoms with van der Waals surface area (Å²) in [6.45, 7) is 7.62. The molecule has 2 aromatic carbocycles. The van der Waals surface area contributed by atoms with Crippen LogP contribution in [-0.2, 0) is 9.59 Å². The minimum Gasteiger partial charge on any atom is -0.475 e. The molecule has 0 unspecified atom stereocenters. The molecule has 0 spiro atoms. The molecule has 0 saturated carbocycles. The van der Waals surface area contributed by atoms with Gasteiger partial charge < -0.3 is 31.5 Å². The van der Waals surface area contributed by atoms with Gasteiger partial charge in [-0.1, -0.05) is 12.1 Å². The van der Waals surface area contributed by atoms with Gasteiger partial charge in [-0.05, 0) is 98.5 Å². The summed E-state index contributed by atoms with van der Waals surface area (Å²) in [5, 5.41) is 40.5. The van der Waals surface area contributed by atoms with Gasteiger partial charge in [-0.15, -0.1) is 0 Å². The van der Waals surface area contributed by atoms with Gasteiger partial charge in [-0.3, -0.25) is 20.2 Å². The predicted molar refractivity (Wildman–Crippen MR) is 265 cm³/mol. The summed E-state index contributed by atoms with van der Waals surface area (Å²) in [4.78, 5) is 62.8. The molecule has 0 saturated heterocycles. The van der Waals surface area contributed by atoms with Gasteiger partial charge in [0.25, 0.3) is 0 Å². The fraction of sp³-hybridized carbons (Fsp3) is 0.174. The number of halogens is 6. The minimum atomic E-state index is -5.08. The van der Waals surface area contributed by atoms with E-state index in [1.54, 1.807) is 26.5 Å². The molecule has 76 heavy (non-hydrogen) atoms. The Kier molecular flexibility index (Phi) is 16.0. The van der Waals surface area contributed by atoms with Gasteiger partial charge >= 0.3 is 24.3 Å². The summed E-state index contributed by atoms with van der Waals surface area (Å²) in [5.74, 6) is 0.140. The molecule has 0 aliphatic heterocycles. The largest absolute Gasteiger partial charge is 0.490 e. The zero-order valence-corrected chi connectivity index (χ0v) is 40.5. The molecule has 30 heteroatoms. The lowest BCUT2D eigenvalue weighted by molar-refractivity contribution is -0.193. The zero-order chi connectivity index (χ0) is 54.9. The van der Waals surface area contributed by atoms with E-state index in [4.69, 9.17) is 29.8 Å². The smallest absolute Gasteiger partial charge is 0.475 e. The second-order valence-corrected chi connectivity index (χ2v) is 15.6. The van der Waals surface area contributed by atoms with Crippen molar-refractivity contribution in [1.29, 1.82) is 0 Å². The Morgan fingerprint density at radius 3 is 1.34 bits per heavy atom. The van der Waals surface area contributed by atoms with E-state index in [9.17, 15) is 26.3 Å². The molecule has 0 bridgehead atoms. The highest BCUT2D eigenvalue weighted by Gasteiger charge is 2.39. The van der Waals surface area contributed by atoms with E-state index in [2.05, 4.69) is 106 Å². The molecule has 0 radical (unpaired) electrons. The lowest BCUT2D eigenvalue weighted by atomic mass is 10.1. The summed E-state index contributed by atoms with van der Waals surface area (Å²) < 4.78 is 67.2. The van der Waals surface area contributed by atoms with Crippen molar-refractivity contribution in [2.45, 2.75) is 40.0 Å². The van der Waals surface area contributed by atoms with Crippen molar-refractivity contribution in [2.75, 3.05) is 35.4 Å². The van der Waals surface area contributed by atoms with Crippen LogP contribution >= 0.6 is 0 Å². The maximum atomic E-state index is 10.6. The number of carboxylic acids is 2. The van der Waals surface area contributed by atoms with E-state index in [0.29, 0.717) is 59.0 Å². The van der Waals surface area contributed by atoms with Crippen molar-refractivity contribution >= 4 is 69.4 Å². The van der Waals surface area contributed by atoms with Gasteiger partial charge in [0.05, 0.1) is 34.5 Å². The van der Waals surface area contributed by atoms with Crippen LogP contribution in [-0.4, -0.2) is 128 Å². The SMILES string of the molecule is CNc1nc(C)nc(-n2c(Nc3ccn[nH]3)nc3cc(-c4ccnc(C)c4)ccc32)n1.CNc1nc(C)nc(-n2c(Nc3ccn[nH]3)nc3ccc(-c4ccnc(C)c4)cc32)n1.O=C(O)C(F)(F)F.O=C(O)C(F)(F)F. The van der Waals surface area contributed by atoms with Crippen molar-refractivity contribution in [3.05, 3.63) is 121 Å². The number of fused-ring (bicyclic) bond motifs is 2. The number of aromatic nitrogens is 16. The molecule has 8 N–H and O–H groups in total. The Morgan fingerprint density at radius 1 is 0.500 bits per heavy atom. The highest BCUT2D eigenvalue weighted by molar-refractivity contribution is 5.87. The third kappa shape index (κ3) is 13.3. The minimum absolute atomic E-state index is 0.462. The van der Waals surface area contributed by atoms with Crippen molar-refractivity contribution < 1.29 is 46.1 Å². The van der Waals surface area contributed by atoms with Crippen molar-refractivity contribution in [3.63, 3.8) is 0 Å². The van der Waals surface area contributed by atoms with Gasteiger partial charge in [0.1, 0.15) is 23.3 Å². The first-order valence-corrected chi connectivity index (χ1v) is 22.0. The van der Waals surface area contributed by atoms with Crippen LogP contribution in [0.2, 0.25) is 0 Å². The van der Waals surface area contributed by atoms with Gasteiger partial charge in [0, 0.05) is 50.0 Å². The van der Waals surface area contributed by atoms with E-state index in [-0.39, 0.29) is 0 Å². The van der Waals surface area contributed by atoms with E-state index in [0.717, 1.165) is 55.7 Å². The van der Waals surface area contributed by atoms with E-state index >= 15 is 0 Å². The molecule has 10 rings (SSSR count). The van der Waals surface area contributed by atoms with Gasteiger partial charge in [-0.2, -0.15) is 66.4 Å². The molecule has 24 nitrogen and oxygen atoms in total. The second-order valence-electron chi connectivity index (χ2n) is 15.6. The van der Waals surface area contributed by atoms with Crippen LogP contribution in [0, 0.1) is 27.7 Å². The number of aromatic amines is 2. The number of carbonyl (C=O) groups is 2. The Labute approximate surface area is 424 Å². The number of aryl methyl sites for hydroxylation is 4. The summed E-state index contributed by atoms with van der Waals surface area (Å²) in [6, 6.07) is 24.0. The summed E-state index contributed by atoms with van der Waals surface area (Å²) in [5.41, 5.74) is 9.52. The highest BCUT2D eigenvalue weighted by atomic mass is 19.4. The first kappa shape index (κ1) is 53.6. The number of pyridine rings is 2.